The average molecular weight is 180 g/mol. The highest BCUT2D eigenvalue weighted by Crippen LogP contribution is 2.13. The SMILES string of the molecule is CCNC(C)c1ccc(OC)cn1. The summed E-state index contributed by atoms with van der Waals surface area (Å²) in [5.41, 5.74) is 1.04. The molecular formula is C10H16N2O. The Morgan fingerprint density at radius 2 is 2.31 bits per heavy atom. The molecule has 0 radical (unpaired) electrons. The molecule has 0 saturated heterocycles. The van der Waals surface area contributed by atoms with E-state index in [4.69, 9.17) is 4.74 Å². The second-order valence-corrected chi connectivity index (χ2v) is 2.90. The van der Waals surface area contributed by atoms with Crippen molar-refractivity contribution in [2.75, 3.05) is 13.7 Å². The number of nitrogens with zero attached hydrogens (tertiary/aromatic N) is 1. The van der Waals surface area contributed by atoms with Crippen molar-refractivity contribution in [3.8, 4) is 5.75 Å². The molecule has 1 atom stereocenters. The predicted molar refractivity (Wildman–Crippen MR) is 52.9 cm³/mol. The Hall–Kier alpha value is -1.09. The molecule has 0 amide bonds. The van der Waals surface area contributed by atoms with E-state index in [0.717, 1.165) is 18.0 Å². The normalized spacial score (nSPS) is 12.5. The van der Waals surface area contributed by atoms with Gasteiger partial charge in [0.05, 0.1) is 19.0 Å². The van der Waals surface area contributed by atoms with Gasteiger partial charge in [0.1, 0.15) is 5.75 Å². The Balaban J connectivity index is 2.67. The maximum Gasteiger partial charge on any atom is 0.137 e. The molecule has 1 N–H and O–H groups in total. The number of methoxy groups -OCH3 is 1. The molecule has 0 aliphatic carbocycles. The van der Waals surface area contributed by atoms with E-state index in [1.165, 1.54) is 0 Å². The highest BCUT2D eigenvalue weighted by molar-refractivity contribution is 5.20. The van der Waals surface area contributed by atoms with E-state index < -0.39 is 0 Å². The molecule has 3 nitrogen and oxygen atoms in total. The van der Waals surface area contributed by atoms with Gasteiger partial charge in [-0.3, -0.25) is 4.98 Å². The first kappa shape index (κ1) is 9.99. The summed E-state index contributed by atoms with van der Waals surface area (Å²) in [6.45, 7) is 5.13. The average Bonchev–Trinajstić information content (AvgIpc) is 2.18. The van der Waals surface area contributed by atoms with E-state index in [-0.39, 0.29) is 0 Å². The van der Waals surface area contributed by atoms with Crippen LogP contribution in [-0.2, 0) is 0 Å². The van der Waals surface area contributed by atoms with E-state index in [1.807, 2.05) is 12.1 Å². The van der Waals surface area contributed by atoms with Gasteiger partial charge < -0.3 is 10.1 Å². The van der Waals surface area contributed by atoms with Crippen LogP contribution in [0.1, 0.15) is 25.6 Å². The summed E-state index contributed by atoms with van der Waals surface area (Å²) in [4.78, 5) is 4.28. The van der Waals surface area contributed by atoms with Gasteiger partial charge in [0.25, 0.3) is 0 Å². The Labute approximate surface area is 79.1 Å². The van der Waals surface area contributed by atoms with Crippen molar-refractivity contribution < 1.29 is 4.74 Å². The fraction of sp³-hybridized carbons (Fsp3) is 0.500. The summed E-state index contributed by atoms with van der Waals surface area (Å²) in [6.07, 6.45) is 1.74. The van der Waals surface area contributed by atoms with Crippen LogP contribution in [0.2, 0.25) is 0 Å². The van der Waals surface area contributed by atoms with Gasteiger partial charge >= 0.3 is 0 Å². The maximum absolute atomic E-state index is 5.03. The molecule has 72 valence electrons. The third-order valence-electron chi connectivity index (χ3n) is 1.95. The van der Waals surface area contributed by atoms with E-state index in [1.54, 1.807) is 13.3 Å². The van der Waals surface area contributed by atoms with Crippen molar-refractivity contribution >= 4 is 0 Å². The maximum atomic E-state index is 5.03. The standard InChI is InChI=1S/C10H16N2O/c1-4-11-8(2)10-6-5-9(13-3)7-12-10/h5-8,11H,4H2,1-3H3. The van der Waals surface area contributed by atoms with E-state index in [2.05, 4.69) is 24.1 Å². The largest absolute Gasteiger partial charge is 0.495 e. The fourth-order valence-electron chi connectivity index (χ4n) is 1.18. The van der Waals surface area contributed by atoms with Crippen LogP contribution in [0.15, 0.2) is 18.3 Å². The second-order valence-electron chi connectivity index (χ2n) is 2.90. The molecule has 0 saturated carbocycles. The van der Waals surface area contributed by atoms with Crippen molar-refractivity contribution in [1.82, 2.24) is 10.3 Å². The highest BCUT2D eigenvalue weighted by atomic mass is 16.5. The van der Waals surface area contributed by atoms with Crippen LogP contribution < -0.4 is 10.1 Å². The lowest BCUT2D eigenvalue weighted by molar-refractivity contribution is 0.412. The third-order valence-corrected chi connectivity index (χ3v) is 1.95. The molecule has 0 aliphatic heterocycles. The van der Waals surface area contributed by atoms with Crippen molar-refractivity contribution in [2.24, 2.45) is 0 Å². The summed E-state index contributed by atoms with van der Waals surface area (Å²) in [5.74, 6) is 0.799. The van der Waals surface area contributed by atoms with Crippen LogP contribution in [0, 0.1) is 0 Å². The van der Waals surface area contributed by atoms with Gasteiger partial charge in [0.2, 0.25) is 0 Å². The minimum Gasteiger partial charge on any atom is -0.495 e. The van der Waals surface area contributed by atoms with Gasteiger partial charge in [-0.1, -0.05) is 6.92 Å². The summed E-state index contributed by atoms with van der Waals surface area (Å²) < 4.78 is 5.03. The fourth-order valence-corrected chi connectivity index (χ4v) is 1.18. The highest BCUT2D eigenvalue weighted by Gasteiger charge is 2.04. The van der Waals surface area contributed by atoms with Crippen LogP contribution in [0.3, 0.4) is 0 Å². The summed E-state index contributed by atoms with van der Waals surface area (Å²) in [7, 11) is 1.64. The number of nitrogens with one attached hydrogen (secondary N) is 1. The number of rotatable bonds is 4. The van der Waals surface area contributed by atoms with Gasteiger partial charge in [0, 0.05) is 6.04 Å². The molecule has 0 aromatic carbocycles. The van der Waals surface area contributed by atoms with Gasteiger partial charge in [-0.25, -0.2) is 0 Å². The molecule has 1 heterocycles. The predicted octanol–water partition coefficient (Wildman–Crippen LogP) is 1.76. The van der Waals surface area contributed by atoms with E-state index >= 15 is 0 Å². The lowest BCUT2D eigenvalue weighted by Gasteiger charge is -2.11. The number of pyridine rings is 1. The minimum absolute atomic E-state index is 0.302. The minimum atomic E-state index is 0.302. The molecule has 0 fully saturated rings. The van der Waals surface area contributed by atoms with E-state index in [9.17, 15) is 0 Å². The molecule has 0 spiro atoms. The number of hydrogen-bond donors (Lipinski definition) is 1. The van der Waals surface area contributed by atoms with Crippen molar-refractivity contribution in [2.45, 2.75) is 19.9 Å². The zero-order valence-corrected chi connectivity index (χ0v) is 8.37. The number of hydrogen-bond acceptors (Lipinski definition) is 3. The smallest absolute Gasteiger partial charge is 0.137 e. The van der Waals surface area contributed by atoms with Gasteiger partial charge in [-0.2, -0.15) is 0 Å². The van der Waals surface area contributed by atoms with Crippen LogP contribution in [0.25, 0.3) is 0 Å². The Kier molecular flexibility index (Phi) is 3.71. The first-order chi connectivity index (χ1) is 6.27. The Bertz CT molecular complexity index is 246. The van der Waals surface area contributed by atoms with Crippen molar-refractivity contribution in [3.63, 3.8) is 0 Å². The van der Waals surface area contributed by atoms with Gasteiger partial charge in [0.15, 0.2) is 0 Å². The quantitative estimate of drug-likeness (QED) is 0.766. The molecule has 1 rings (SSSR count). The van der Waals surface area contributed by atoms with Crippen molar-refractivity contribution in [1.29, 1.82) is 0 Å². The first-order valence-corrected chi connectivity index (χ1v) is 4.51. The molecule has 0 aliphatic rings. The third kappa shape index (κ3) is 2.70. The van der Waals surface area contributed by atoms with Crippen LogP contribution in [0.5, 0.6) is 5.75 Å². The molecule has 0 bridgehead atoms. The van der Waals surface area contributed by atoms with E-state index in [0.29, 0.717) is 6.04 Å². The van der Waals surface area contributed by atoms with Gasteiger partial charge in [-0.15, -0.1) is 0 Å². The zero-order valence-electron chi connectivity index (χ0n) is 8.37. The topological polar surface area (TPSA) is 34.1 Å². The Morgan fingerprint density at radius 3 is 2.77 bits per heavy atom. The summed E-state index contributed by atoms with van der Waals surface area (Å²) in [6, 6.07) is 4.21. The number of ether oxygens (including phenoxy) is 1. The molecule has 13 heavy (non-hydrogen) atoms. The monoisotopic (exact) mass is 180 g/mol. The summed E-state index contributed by atoms with van der Waals surface area (Å²) in [5, 5.41) is 3.30. The molecule has 1 aromatic heterocycles. The summed E-state index contributed by atoms with van der Waals surface area (Å²) >= 11 is 0. The molecular weight excluding hydrogens is 164 g/mol. The van der Waals surface area contributed by atoms with Crippen LogP contribution in [0.4, 0.5) is 0 Å². The molecule has 3 heteroatoms. The molecule has 1 unspecified atom stereocenters. The second kappa shape index (κ2) is 4.82. The van der Waals surface area contributed by atoms with Crippen molar-refractivity contribution in [3.05, 3.63) is 24.0 Å². The first-order valence-electron chi connectivity index (χ1n) is 4.51. The van der Waals surface area contributed by atoms with Crippen LogP contribution in [-0.4, -0.2) is 18.6 Å². The van der Waals surface area contributed by atoms with Crippen LogP contribution >= 0.6 is 0 Å². The Morgan fingerprint density at radius 1 is 1.54 bits per heavy atom. The lowest BCUT2D eigenvalue weighted by atomic mass is 10.2. The lowest BCUT2D eigenvalue weighted by Crippen LogP contribution is -2.18. The number of aromatic nitrogens is 1. The zero-order chi connectivity index (χ0) is 9.68. The molecule has 1 aromatic rings. The van der Waals surface area contributed by atoms with Gasteiger partial charge in [-0.05, 0) is 25.6 Å².